The van der Waals surface area contributed by atoms with Gasteiger partial charge in [0.25, 0.3) is 0 Å². The molecule has 0 aliphatic heterocycles. The predicted octanol–water partition coefficient (Wildman–Crippen LogP) is 4.02. The van der Waals surface area contributed by atoms with Crippen LogP contribution < -0.4 is 5.73 Å². The molecule has 102 valence electrons. The van der Waals surface area contributed by atoms with Gasteiger partial charge in [0.15, 0.2) is 0 Å². The van der Waals surface area contributed by atoms with Gasteiger partial charge in [-0.25, -0.2) is 0 Å². The predicted molar refractivity (Wildman–Crippen MR) is 90.1 cm³/mol. The second-order valence-electron chi connectivity index (χ2n) is 4.56. The van der Waals surface area contributed by atoms with E-state index < -0.39 is 0 Å². The molecule has 1 aromatic carbocycles. The lowest BCUT2D eigenvalue weighted by molar-refractivity contribution is 0.558. The Bertz CT molecular complexity index is 580. The normalized spacial score (nSPS) is 12.7. The molecule has 0 aliphatic rings. The van der Waals surface area contributed by atoms with Gasteiger partial charge in [0.2, 0.25) is 0 Å². The lowest BCUT2D eigenvalue weighted by Gasteiger charge is -2.17. The largest absolute Gasteiger partial charge is 0.319 e. The molecule has 1 unspecified atom stereocenters. The molecule has 0 radical (unpaired) electrons. The minimum atomic E-state index is -0.157. The fourth-order valence-corrected chi connectivity index (χ4v) is 3.37. The molecule has 19 heavy (non-hydrogen) atoms. The third-order valence-corrected chi connectivity index (χ3v) is 5.20. The number of nitrogens with two attached hydrogens (primary N) is 1. The van der Waals surface area contributed by atoms with Gasteiger partial charge in [0, 0.05) is 10.1 Å². The number of benzene rings is 1. The van der Waals surface area contributed by atoms with Gasteiger partial charge in [0.1, 0.15) is 0 Å². The third-order valence-electron chi connectivity index (χ3n) is 3.12. The Hall–Kier alpha value is -0.400. The number of aryl methyl sites for hydroxylation is 2. The molecule has 0 aliphatic carbocycles. The molecule has 0 saturated carbocycles. The van der Waals surface area contributed by atoms with E-state index in [1.165, 1.54) is 9.13 Å². The number of halogens is 2. The van der Waals surface area contributed by atoms with Gasteiger partial charge < -0.3 is 5.73 Å². The van der Waals surface area contributed by atoms with Crippen molar-refractivity contribution in [2.45, 2.75) is 32.9 Å². The molecule has 2 N–H and O–H groups in total. The molecule has 5 heteroatoms. The van der Waals surface area contributed by atoms with Crippen LogP contribution in [0.3, 0.4) is 0 Å². The molecule has 2 rings (SSSR count). The van der Waals surface area contributed by atoms with Gasteiger partial charge in [0.05, 0.1) is 22.4 Å². The lowest BCUT2D eigenvalue weighted by Crippen LogP contribution is -2.19. The number of nitrogens with zero attached hydrogens (tertiary/aromatic N) is 2. The quantitative estimate of drug-likeness (QED) is 0.740. The average Bonchev–Trinajstić information content (AvgIpc) is 2.74. The summed E-state index contributed by atoms with van der Waals surface area (Å²) in [5, 5.41) is 4.39. The maximum atomic E-state index is 6.47. The van der Waals surface area contributed by atoms with Crippen molar-refractivity contribution < 1.29 is 0 Å². The van der Waals surface area contributed by atoms with E-state index in [2.05, 4.69) is 75.7 Å². The molecule has 0 amide bonds. The Balaban J connectivity index is 2.46. The summed E-state index contributed by atoms with van der Waals surface area (Å²) in [6.07, 6.45) is 2.87. The molecule has 0 spiro atoms. The van der Waals surface area contributed by atoms with Gasteiger partial charge in [-0.1, -0.05) is 25.1 Å². The Morgan fingerprint density at radius 1 is 1.47 bits per heavy atom. The summed E-state index contributed by atoms with van der Waals surface area (Å²) in [5.41, 5.74) is 9.92. The van der Waals surface area contributed by atoms with Crippen molar-refractivity contribution in [3.8, 4) is 0 Å². The molecule has 0 saturated heterocycles. The summed E-state index contributed by atoms with van der Waals surface area (Å²) in [6.45, 7) is 5.13. The van der Waals surface area contributed by atoms with Crippen LogP contribution in [0, 0.1) is 10.5 Å². The van der Waals surface area contributed by atoms with Crippen LogP contribution >= 0.6 is 38.5 Å². The van der Waals surface area contributed by atoms with Crippen molar-refractivity contribution in [3.63, 3.8) is 0 Å². The monoisotopic (exact) mass is 433 g/mol. The first kappa shape index (κ1) is 15.0. The zero-order valence-corrected chi connectivity index (χ0v) is 14.8. The highest BCUT2D eigenvalue weighted by Gasteiger charge is 2.20. The minimum Gasteiger partial charge on any atom is -0.319 e. The van der Waals surface area contributed by atoms with Gasteiger partial charge in [-0.15, -0.1) is 0 Å². The van der Waals surface area contributed by atoms with Crippen LogP contribution in [0.2, 0.25) is 0 Å². The maximum absolute atomic E-state index is 6.47. The smallest absolute Gasteiger partial charge is 0.0745 e. The van der Waals surface area contributed by atoms with Crippen LogP contribution in [-0.4, -0.2) is 9.78 Å². The molecule has 1 atom stereocenters. The highest BCUT2D eigenvalue weighted by Crippen LogP contribution is 2.30. The van der Waals surface area contributed by atoms with E-state index in [-0.39, 0.29) is 6.04 Å². The molecule has 0 fully saturated rings. The van der Waals surface area contributed by atoms with Crippen molar-refractivity contribution in [2.24, 2.45) is 5.73 Å². The van der Waals surface area contributed by atoms with E-state index in [1.54, 1.807) is 0 Å². The van der Waals surface area contributed by atoms with Crippen LogP contribution in [0.15, 0.2) is 28.9 Å². The number of aromatic nitrogens is 2. The number of hydrogen-bond donors (Lipinski definition) is 1. The van der Waals surface area contributed by atoms with E-state index in [1.807, 2.05) is 10.9 Å². The average molecular weight is 434 g/mol. The SMILES string of the molecule is CCCn1ncc(Br)c1C(N)c1cccc(C)c1I. The summed E-state index contributed by atoms with van der Waals surface area (Å²) in [4.78, 5) is 0. The number of rotatable bonds is 4. The van der Waals surface area contributed by atoms with Crippen molar-refractivity contribution in [3.05, 3.63) is 49.3 Å². The summed E-state index contributed by atoms with van der Waals surface area (Å²) >= 11 is 5.93. The summed E-state index contributed by atoms with van der Waals surface area (Å²) < 4.78 is 4.20. The van der Waals surface area contributed by atoms with Crippen LogP contribution in [0.25, 0.3) is 0 Å². The summed E-state index contributed by atoms with van der Waals surface area (Å²) in [6, 6.07) is 6.10. The molecular weight excluding hydrogens is 417 g/mol. The second kappa shape index (κ2) is 6.37. The molecule has 1 heterocycles. The Labute approximate surface area is 135 Å². The van der Waals surface area contributed by atoms with Gasteiger partial charge in [-0.3, -0.25) is 4.68 Å². The summed E-state index contributed by atoms with van der Waals surface area (Å²) in [7, 11) is 0. The highest BCUT2D eigenvalue weighted by atomic mass is 127. The van der Waals surface area contributed by atoms with E-state index >= 15 is 0 Å². The number of hydrogen-bond acceptors (Lipinski definition) is 2. The van der Waals surface area contributed by atoms with Gasteiger partial charge >= 0.3 is 0 Å². The standard InChI is InChI=1S/C14H17BrIN3/c1-3-7-19-14(11(15)8-18-19)13(17)10-6-4-5-9(2)12(10)16/h4-6,8,13H,3,7,17H2,1-2H3. The minimum absolute atomic E-state index is 0.157. The summed E-state index contributed by atoms with van der Waals surface area (Å²) in [5.74, 6) is 0. The fraction of sp³-hybridized carbons (Fsp3) is 0.357. The molecule has 0 bridgehead atoms. The van der Waals surface area contributed by atoms with Crippen LogP contribution in [0.1, 0.15) is 36.2 Å². The lowest BCUT2D eigenvalue weighted by atomic mass is 10.0. The van der Waals surface area contributed by atoms with Crippen LogP contribution in [0.4, 0.5) is 0 Å². The van der Waals surface area contributed by atoms with Crippen molar-refractivity contribution >= 4 is 38.5 Å². The van der Waals surface area contributed by atoms with Crippen molar-refractivity contribution in [1.82, 2.24) is 9.78 Å². The molecular formula is C14H17BrIN3. The third kappa shape index (κ3) is 3.03. The van der Waals surface area contributed by atoms with Crippen LogP contribution in [0.5, 0.6) is 0 Å². The van der Waals surface area contributed by atoms with Gasteiger partial charge in [-0.2, -0.15) is 5.10 Å². The topological polar surface area (TPSA) is 43.8 Å². The van der Waals surface area contributed by atoms with Crippen molar-refractivity contribution in [2.75, 3.05) is 0 Å². The van der Waals surface area contributed by atoms with E-state index in [0.717, 1.165) is 28.7 Å². The van der Waals surface area contributed by atoms with E-state index in [0.29, 0.717) is 0 Å². The molecule has 1 aromatic heterocycles. The van der Waals surface area contributed by atoms with E-state index in [4.69, 9.17) is 5.73 Å². The van der Waals surface area contributed by atoms with Gasteiger partial charge in [-0.05, 0) is 63.0 Å². The molecule has 2 aromatic rings. The molecule has 3 nitrogen and oxygen atoms in total. The first-order valence-corrected chi connectivity index (χ1v) is 8.15. The maximum Gasteiger partial charge on any atom is 0.0745 e. The van der Waals surface area contributed by atoms with E-state index in [9.17, 15) is 0 Å². The first-order chi connectivity index (χ1) is 9.06. The van der Waals surface area contributed by atoms with Crippen molar-refractivity contribution in [1.29, 1.82) is 0 Å². The zero-order chi connectivity index (χ0) is 14.0. The fourth-order valence-electron chi connectivity index (χ4n) is 2.13. The second-order valence-corrected chi connectivity index (χ2v) is 6.49. The first-order valence-electron chi connectivity index (χ1n) is 6.28. The Kier molecular flexibility index (Phi) is 5.03. The Morgan fingerprint density at radius 2 is 2.21 bits per heavy atom. The Morgan fingerprint density at radius 3 is 2.89 bits per heavy atom. The highest BCUT2D eigenvalue weighted by molar-refractivity contribution is 14.1. The zero-order valence-electron chi connectivity index (χ0n) is 11.0. The van der Waals surface area contributed by atoms with Crippen LogP contribution in [-0.2, 0) is 6.54 Å².